The molecule has 0 radical (unpaired) electrons. The molecule has 1 fully saturated rings. The maximum absolute atomic E-state index is 12.1. The first-order chi connectivity index (χ1) is 11.5. The molecule has 3 aromatic rings. The largest absolute Gasteiger partial charge is 0.352 e. The van der Waals surface area contributed by atoms with E-state index in [0.717, 1.165) is 16.9 Å². The lowest BCUT2D eigenvalue weighted by molar-refractivity contribution is 0.0924. The van der Waals surface area contributed by atoms with Gasteiger partial charge in [0.25, 0.3) is 5.91 Å². The molecule has 0 atom stereocenters. The van der Waals surface area contributed by atoms with Gasteiger partial charge in [0.2, 0.25) is 0 Å². The van der Waals surface area contributed by atoms with Crippen LogP contribution < -0.4 is 10.2 Å². The van der Waals surface area contributed by atoms with E-state index in [9.17, 15) is 4.79 Å². The van der Waals surface area contributed by atoms with Gasteiger partial charge in [0.15, 0.2) is 5.65 Å². The Balaban J connectivity index is 1.47. The quantitative estimate of drug-likeness (QED) is 0.729. The van der Waals surface area contributed by atoms with Crippen molar-refractivity contribution < 1.29 is 4.79 Å². The van der Waals surface area contributed by atoms with Crippen LogP contribution in [0.25, 0.3) is 11.0 Å². The van der Waals surface area contributed by atoms with Crippen molar-refractivity contribution in [2.75, 3.05) is 18.0 Å². The molecule has 0 aromatic carbocycles. The molecular weight excluding hydrogens is 308 g/mol. The molecule has 0 bridgehead atoms. The topological polar surface area (TPSA) is 93.8 Å². The van der Waals surface area contributed by atoms with Crippen LogP contribution in [0.5, 0.6) is 0 Å². The fourth-order valence-electron chi connectivity index (χ4n) is 2.89. The van der Waals surface area contributed by atoms with E-state index in [0.29, 0.717) is 24.6 Å². The van der Waals surface area contributed by atoms with Crippen molar-refractivity contribution >= 4 is 22.8 Å². The molecule has 9 nitrogen and oxygen atoms in total. The molecule has 0 saturated carbocycles. The minimum atomic E-state index is -0.148. The fourth-order valence-corrected chi connectivity index (χ4v) is 2.89. The van der Waals surface area contributed by atoms with Crippen LogP contribution in [0.3, 0.4) is 0 Å². The molecule has 0 unspecified atom stereocenters. The molecule has 1 amide bonds. The molecule has 0 spiro atoms. The van der Waals surface area contributed by atoms with Gasteiger partial charge in [-0.25, -0.2) is 9.97 Å². The third kappa shape index (κ3) is 2.38. The summed E-state index contributed by atoms with van der Waals surface area (Å²) in [6.07, 6.45) is 3.54. The van der Waals surface area contributed by atoms with E-state index in [-0.39, 0.29) is 11.9 Å². The number of carbonyl (C=O) groups is 1. The summed E-state index contributed by atoms with van der Waals surface area (Å²) in [6, 6.07) is 1.79. The number of nitrogens with one attached hydrogen (secondary N) is 1. The SMILES string of the molecule is Cc1nc(N2CC(NC(=O)c3ccn(C)n3)C2)c2cnn(C)c2n1. The van der Waals surface area contributed by atoms with Gasteiger partial charge in [0, 0.05) is 33.4 Å². The van der Waals surface area contributed by atoms with Crippen LogP contribution in [-0.2, 0) is 14.1 Å². The van der Waals surface area contributed by atoms with Gasteiger partial charge in [0.1, 0.15) is 17.3 Å². The number of aryl methyl sites for hydroxylation is 3. The van der Waals surface area contributed by atoms with Gasteiger partial charge in [0.05, 0.1) is 17.6 Å². The molecule has 1 saturated heterocycles. The summed E-state index contributed by atoms with van der Waals surface area (Å²) in [5.74, 6) is 1.43. The highest BCUT2D eigenvalue weighted by Gasteiger charge is 2.31. The maximum Gasteiger partial charge on any atom is 0.272 e. The number of rotatable bonds is 3. The molecule has 1 aliphatic heterocycles. The molecule has 0 aliphatic carbocycles. The predicted octanol–water partition coefficient (Wildman–Crippen LogP) is 0.0238. The molecule has 24 heavy (non-hydrogen) atoms. The monoisotopic (exact) mass is 326 g/mol. The van der Waals surface area contributed by atoms with Gasteiger partial charge in [-0.15, -0.1) is 0 Å². The number of anilines is 1. The van der Waals surface area contributed by atoms with Crippen molar-refractivity contribution in [2.24, 2.45) is 14.1 Å². The lowest BCUT2D eigenvalue weighted by atomic mass is 10.1. The van der Waals surface area contributed by atoms with E-state index in [1.54, 1.807) is 34.9 Å². The number of hydrogen-bond donors (Lipinski definition) is 1. The van der Waals surface area contributed by atoms with Gasteiger partial charge in [-0.05, 0) is 13.0 Å². The normalized spacial score (nSPS) is 14.9. The average Bonchev–Trinajstić information content (AvgIpc) is 3.09. The third-order valence-corrected chi connectivity index (χ3v) is 4.15. The number of fused-ring (bicyclic) bond motifs is 1. The molecule has 1 N–H and O–H groups in total. The first-order valence-electron chi connectivity index (χ1n) is 7.73. The van der Waals surface area contributed by atoms with Crippen molar-refractivity contribution in [3.8, 4) is 0 Å². The highest BCUT2D eigenvalue weighted by atomic mass is 16.2. The fraction of sp³-hybridized carbons (Fsp3) is 0.400. The van der Waals surface area contributed by atoms with E-state index in [1.807, 2.05) is 14.0 Å². The highest BCUT2D eigenvalue weighted by molar-refractivity contribution is 5.93. The third-order valence-electron chi connectivity index (χ3n) is 4.15. The zero-order valence-electron chi connectivity index (χ0n) is 13.8. The summed E-state index contributed by atoms with van der Waals surface area (Å²) in [7, 11) is 3.66. The molecule has 124 valence electrons. The first-order valence-corrected chi connectivity index (χ1v) is 7.73. The lowest BCUT2D eigenvalue weighted by Crippen LogP contribution is -2.59. The molecule has 1 aliphatic rings. The van der Waals surface area contributed by atoms with Gasteiger partial charge in [-0.1, -0.05) is 0 Å². The Morgan fingerprint density at radius 2 is 2.08 bits per heavy atom. The zero-order valence-corrected chi connectivity index (χ0v) is 13.8. The van der Waals surface area contributed by atoms with Gasteiger partial charge < -0.3 is 10.2 Å². The van der Waals surface area contributed by atoms with E-state index in [1.165, 1.54) is 0 Å². The second-order valence-electron chi connectivity index (χ2n) is 6.05. The van der Waals surface area contributed by atoms with Gasteiger partial charge in [-0.2, -0.15) is 10.2 Å². The maximum atomic E-state index is 12.1. The smallest absolute Gasteiger partial charge is 0.272 e. The summed E-state index contributed by atoms with van der Waals surface area (Å²) >= 11 is 0. The number of hydrogen-bond acceptors (Lipinski definition) is 6. The minimum absolute atomic E-state index is 0.0847. The number of nitrogens with zero attached hydrogens (tertiary/aromatic N) is 7. The summed E-state index contributed by atoms with van der Waals surface area (Å²) in [4.78, 5) is 23.2. The molecule has 4 heterocycles. The molecule has 3 aromatic heterocycles. The molecule has 9 heteroatoms. The van der Waals surface area contributed by atoms with E-state index in [4.69, 9.17) is 0 Å². The minimum Gasteiger partial charge on any atom is -0.352 e. The van der Waals surface area contributed by atoms with Crippen LogP contribution in [0.15, 0.2) is 18.5 Å². The Labute approximate surface area is 138 Å². The molecule has 4 rings (SSSR count). The van der Waals surface area contributed by atoms with Crippen LogP contribution in [0.2, 0.25) is 0 Å². The second kappa shape index (κ2) is 5.29. The van der Waals surface area contributed by atoms with E-state index in [2.05, 4.69) is 30.4 Å². The van der Waals surface area contributed by atoms with Gasteiger partial charge >= 0.3 is 0 Å². The van der Waals surface area contributed by atoms with Crippen LogP contribution in [0, 0.1) is 6.92 Å². The lowest BCUT2D eigenvalue weighted by Gasteiger charge is -2.40. The van der Waals surface area contributed by atoms with Crippen LogP contribution in [0.1, 0.15) is 16.3 Å². The summed E-state index contributed by atoms with van der Waals surface area (Å²) < 4.78 is 3.36. The Hall–Kier alpha value is -2.97. The highest BCUT2D eigenvalue weighted by Crippen LogP contribution is 2.27. The Morgan fingerprint density at radius 1 is 1.29 bits per heavy atom. The van der Waals surface area contributed by atoms with Crippen LogP contribution >= 0.6 is 0 Å². The summed E-state index contributed by atoms with van der Waals surface area (Å²) in [6.45, 7) is 3.29. The Kier molecular flexibility index (Phi) is 3.22. The predicted molar refractivity (Wildman–Crippen MR) is 87.7 cm³/mol. The second-order valence-corrected chi connectivity index (χ2v) is 6.05. The average molecular weight is 326 g/mol. The van der Waals surface area contributed by atoms with Crippen molar-refractivity contribution in [3.63, 3.8) is 0 Å². The number of aromatic nitrogens is 6. The van der Waals surface area contributed by atoms with Crippen LogP contribution in [0.4, 0.5) is 5.82 Å². The van der Waals surface area contributed by atoms with Crippen molar-refractivity contribution in [3.05, 3.63) is 30.0 Å². The van der Waals surface area contributed by atoms with Crippen molar-refractivity contribution in [2.45, 2.75) is 13.0 Å². The Bertz CT molecular complexity index is 921. The van der Waals surface area contributed by atoms with E-state index < -0.39 is 0 Å². The number of amides is 1. The number of carbonyl (C=O) groups excluding carboxylic acids is 1. The van der Waals surface area contributed by atoms with E-state index >= 15 is 0 Å². The first kappa shape index (κ1) is 14.6. The van der Waals surface area contributed by atoms with Crippen molar-refractivity contribution in [1.29, 1.82) is 0 Å². The molecular formula is C15H18N8O. The summed E-state index contributed by atoms with van der Waals surface area (Å²) in [5, 5.41) is 12.3. The summed E-state index contributed by atoms with van der Waals surface area (Å²) in [5.41, 5.74) is 1.25. The zero-order chi connectivity index (χ0) is 16.8. The van der Waals surface area contributed by atoms with Gasteiger partial charge in [-0.3, -0.25) is 14.2 Å². The standard InChI is InChI=1S/C15H18N8O/c1-9-17-13-11(6-16-22(13)3)14(18-9)23-7-10(8-23)19-15(24)12-4-5-21(2)20-12/h4-6,10H,7-8H2,1-3H3,(H,19,24). The van der Waals surface area contributed by atoms with Crippen molar-refractivity contribution in [1.82, 2.24) is 34.8 Å². The van der Waals surface area contributed by atoms with Crippen LogP contribution in [-0.4, -0.2) is 54.6 Å². The Morgan fingerprint density at radius 3 is 2.79 bits per heavy atom.